The summed E-state index contributed by atoms with van der Waals surface area (Å²) < 4.78 is 2.09. The first-order valence-corrected chi connectivity index (χ1v) is 5.26. The quantitative estimate of drug-likeness (QED) is 0.560. The van der Waals surface area contributed by atoms with Crippen molar-refractivity contribution in [3.8, 4) is 11.3 Å². The van der Waals surface area contributed by atoms with Crippen LogP contribution >= 0.6 is 0 Å². The first kappa shape index (κ1) is 9.04. The first-order valence-electron chi connectivity index (χ1n) is 5.26. The Morgan fingerprint density at radius 3 is 2.50 bits per heavy atom. The summed E-state index contributed by atoms with van der Waals surface area (Å²) in [6.07, 6.45) is 3.88. The fraction of sp³-hybridized carbons (Fsp3) is 0. The minimum atomic E-state index is 0.962. The van der Waals surface area contributed by atoms with Crippen molar-refractivity contribution in [2.24, 2.45) is 0 Å². The van der Waals surface area contributed by atoms with Gasteiger partial charge in [0.05, 0.1) is 6.20 Å². The molecule has 3 aromatic rings. The molecule has 0 atom stereocenters. The zero-order valence-electron chi connectivity index (χ0n) is 8.75. The number of fused-ring (bicyclic) bond motifs is 1. The monoisotopic (exact) mass is 207 g/mol. The summed E-state index contributed by atoms with van der Waals surface area (Å²) in [5.74, 6) is 0. The Morgan fingerprint density at radius 2 is 1.62 bits per heavy atom. The van der Waals surface area contributed by atoms with Crippen LogP contribution in [0.4, 0.5) is 0 Å². The lowest BCUT2D eigenvalue weighted by atomic mass is 10.1. The average molecular weight is 207 g/mol. The normalized spacial score (nSPS) is 10.5. The van der Waals surface area contributed by atoms with Crippen LogP contribution in [0.25, 0.3) is 16.9 Å². The molecule has 0 fully saturated rings. The topological polar surface area (TPSA) is 17.0 Å². The van der Waals surface area contributed by atoms with Crippen LogP contribution in [0.1, 0.15) is 0 Å². The van der Waals surface area contributed by atoms with Gasteiger partial charge in [-0.15, -0.1) is 0 Å². The van der Waals surface area contributed by atoms with Gasteiger partial charge in [-0.1, -0.05) is 36.4 Å². The summed E-state index contributed by atoms with van der Waals surface area (Å²) in [4.78, 5) is 4.33. The molecule has 0 aliphatic heterocycles. The third-order valence-electron chi connectivity index (χ3n) is 2.61. The molecule has 0 amide bonds. The standard InChI is InChI=1S/C14H11N2/c1-2-6-12(7-3-1)13-9-10-15-14-8-4-5-11-16(13)14/h1-11H/q+1. The molecule has 0 bridgehead atoms. The van der Waals surface area contributed by atoms with E-state index in [2.05, 4.69) is 21.5 Å². The van der Waals surface area contributed by atoms with Gasteiger partial charge in [-0.2, -0.15) is 4.40 Å². The molecule has 0 N–H and O–H groups in total. The van der Waals surface area contributed by atoms with Crippen molar-refractivity contribution < 1.29 is 4.40 Å². The van der Waals surface area contributed by atoms with Crippen molar-refractivity contribution in [2.75, 3.05) is 0 Å². The molecular formula is C14H11N2+. The third-order valence-corrected chi connectivity index (χ3v) is 2.61. The number of pyridine rings is 1. The second-order valence-corrected chi connectivity index (χ2v) is 3.62. The van der Waals surface area contributed by atoms with Crippen LogP contribution in [0.3, 0.4) is 0 Å². The summed E-state index contributed by atoms with van der Waals surface area (Å²) in [5, 5.41) is 0. The summed E-state index contributed by atoms with van der Waals surface area (Å²) in [5.41, 5.74) is 3.32. The molecule has 0 aliphatic carbocycles. The second kappa shape index (κ2) is 3.74. The predicted octanol–water partition coefficient (Wildman–Crippen LogP) is 2.49. The predicted molar refractivity (Wildman–Crippen MR) is 62.8 cm³/mol. The van der Waals surface area contributed by atoms with Crippen LogP contribution in [0.5, 0.6) is 0 Å². The zero-order chi connectivity index (χ0) is 10.8. The Morgan fingerprint density at radius 1 is 0.812 bits per heavy atom. The highest BCUT2D eigenvalue weighted by Crippen LogP contribution is 2.13. The molecule has 0 aliphatic rings. The van der Waals surface area contributed by atoms with Crippen LogP contribution < -0.4 is 4.40 Å². The summed E-state index contributed by atoms with van der Waals surface area (Å²) in [6.45, 7) is 0. The van der Waals surface area contributed by atoms with E-state index in [1.54, 1.807) is 0 Å². The molecule has 1 aromatic carbocycles. The maximum atomic E-state index is 4.33. The van der Waals surface area contributed by atoms with Crippen LogP contribution in [0.2, 0.25) is 0 Å². The van der Waals surface area contributed by atoms with E-state index in [1.807, 2.05) is 54.9 Å². The van der Waals surface area contributed by atoms with Gasteiger partial charge in [0.1, 0.15) is 11.9 Å². The Hall–Kier alpha value is -2.22. The highest BCUT2D eigenvalue weighted by molar-refractivity contribution is 5.56. The maximum absolute atomic E-state index is 4.33. The van der Waals surface area contributed by atoms with E-state index < -0.39 is 0 Å². The molecular weight excluding hydrogens is 196 g/mol. The number of rotatable bonds is 1. The van der Waals surface area contributed by atoms with Gasteiger partial charge in [-0.25, -0.2) is 0 Å². The Labute approximate surface area is 93.8 Å². The molecule has 16 heavy (non-hydrogen) atoms. The van der Waals surface area contributed by atoms with Gasteiger partial charge in [-0.05, 0) is 11.1 Å². The highest BCUT2D eigenvalue weighted by atomic mass is 15.0. The molecule has 2 nitrogen and oxygen atoms in total. The number of hydrogen-bond donors (Lipinski definition) is 0. The second-order valence-electron chi connectivity index (χ2n) is 3.62. The van der Waals surface area contributed by atoms with E-state index in [-0.39, 0.29) is 0 Å². The van der Waals surface area contributed by atoms with Crippen LogP contribution in [0.15, 0.2) is 67.0 Å². The van der Waals surface area contributed by atoms with Crippen LogP contribution in [-0.2, 0) is 0 Å². The van der Waals surface area contributed by atoms with Crippen molar-refractivity contribution in [1.82, 2.24) is 4.98 Å². The zero-order valence-corrected chi connectivity index (χ0v) is 8.75. The van der Waals surface area contributed by atoms with E-state index in [0.29, 0.717) is 0 Å². The minimum absolute atomic E-state index is 0.962. The average Bonchev–Trinajstić information content (AvgIpc) is 2.39. The van der Waals surface area contributed by atoms with Crippen LogP contribution in [0, 0.1) is 0 Å². The Balaban J connectivity index is 2.32. The van der Waals surface area contributed by atoms with Crippen molar-refractivity contribution >= 4 is 5.65 Å². The van der Waals surface area contributed by atoms with E-state index in [4.69, 9.17) is 0 Å². The number of hydrogen-bond acceptors (Lipinski definition) is 1. The molecule has 0 saturated heterocycles. The fourth-order valence-corrected chi connectivity index (χ4v) is 1.85. The van der Waals surface area contributed by atoms with Gasteiger partial charge in [0, 0.05) is 17.7 Å². The van der Waals surface area contributed by atoms with Crippen molar-refractivity contribution in [3.63, 3.8) is 0 Å². The summed E-state index contributed by atoms with van der Waals surface area (Å²) in [6, 6.07) is 18.4. The van der Waals surface area contributed by atoms with Gasteiger partial charge >= 0.3 is 5.65 Å². The SMILES string of the molecule is c1ccc(-c2ccnc3cccc[n+]23)cc1. The molecule has 0 radical (unpaired) electrons. The van der Waals surface area contributed by atoms with E-state index in [0.717, 1.165) is 11.3 Å². The number of aromatic nitrogens is 2. The van der Waals surface area contributed by atoms with Crippen LogP contribution in [-0.4, -0.2) is 4.98 Å². The molecule has 3 rings (SSSR count). The maximum Gasteiger partial charge on any atom is 0.327 e. The van der Waals surface area contributed by atoms with Crippen molar-refractivity contribution in [3.05, 3.63) is 67.0 Å². The fourth-order valence-electron chi connectivity index (χ4n) is 1.85. The molecule has 0 unspecified atom stereocenters. The molecule has 2 heteroatoms. The largest absolute Gasteiger partial charge is 0.327 e. The highest BCUT2D eigenvalue weighted by Gasteiger charge is 2.08. The van der Waals surface area contributed by atoms with Crippen molar-refractivity contribution in [1.29, 1.82) is 0 Å². The van der Waals surface area contributed by atoms with Gasteiger partial charge in [0.25, 0.3) is 0 Å². The Kier molecular flexibility index (Phi) is 2.11. The lowest BCUT2D eigenvalue weighted by Gasteiger charge is -2.00. The van der Waals surface area contributed by atoms with Crippen molar-refractivity contribution in [2.45, 2.75) is 0 Å². The Bertz CT molecular complexity index is 612. The third kappa shape index (κ3) is 1.44. The smallest absolute Gasteiger partial charge is 0.196 e. The van der Waals surface area contributed by atoms with Gasteiger partial charge < -0.3 is 0 Å². The lowest BCUT2D eigenvalue weighted by Crippen LogP contribution is -2.25. The molecule has 2 aromatic heterocycles. The first-order chi connectivity index (χ1) is 7.95. The summed E-state index contributed by atoms with van der Waals surface area (Å²) >= 11 is 0. The van der Waals surface area contributed by atoms with Gasteiger partial charge in [0.2, 0.25) is 0 Å². The summed E-state index contributed by atoms with van der Waals surface area (Å²) in [7, 11) is 0. The molecule has 2 heterocycles. The molecule has 0 spiro atoms. The van der Waals surface area contributed by atoms with E-state index >= 15 is 0 Å². The number of nitrogens with zero attached hydrogens (tertiary/aromatic N) is 2. The molecule has 76 valence electrons. The molecule has 0 saturated carbocycles. The lowest BCUT2D eigenvalue weighted by molar-refractivity contribution is -0.502. The van der Waals surface area contributed by atoms with E-state index in [1.165, 1.54) is 5.56 Å². The minimum Gasteiger partial charge on any atom is -0.196 e. The van der Waals surface area contributed by atoms with E-state index in [9.17, 15) is 0 Å². The number of benzene rings is 1. The van der Waals surface area contributed by atoms with Gasteiger partial charge in [-0.3, -0.25) is 0 Å². The van der Waals surface area contributed by atoms with Gasteiger partial charge in [0.15, 0.2) is 0 Å².